The van der Waals surface area contributed by atoms with Crippen molar-refractivity contribution in [2.45, 2.75) is 6.92 Å². The number of carboxylic acids is 1. The average molecular weight is 314 g/mol. The fourth-order valence-electron chi connectivity index (χ4n) is 2.04. The molecule has 0 amide bonds. The summed E-state index contributed by atoms with van der Waals surface area (Å²) in [6, 6.07) is 17.1. The van der Waals surface area contributed by atoms with Crippen molar-refractivity contribution in [2.24, 2.45) is 5.92 Å². The SMILES string of the molecule is CCOC(=O)C(COc1ccc(-c2ccccc2)cc1)C(=O)O. The molecule has 0 fully saturated rings. The number of benzene rings is 2. The molecule has 23 heavy (non-hydrogen) atoms. The Kier molecular flexibility index (Phi) is 5.74. The van der Waals surface area contributed by atoms with Crippen molar-refractivity contribution < 1.29 is 24.2 Å². The van der Waals surface area contributed by atoms with Gasteiger partial charge >= 0.3 is 11.9 Å². The lowest BCUT2D eigenvalue weighted by atomic mass is 10.1. The van der Waals surface area contributed by atoms with Crippen LogP contribution in [0.3, 0.4) is 0 Å². The summed E-state index contributed by atoms with van der Waals surface area (Å²) < 4.78 is 10.1. The Bertz CT molecular complexity index is 649. The first-order chi connectivity index (χ1) is 11.1. The number of ether oxygens (including phenoxy) is 2. The molecule has 0 saturated carbocycles. The Morgan fingerprint density at radius 1 is 1.00 bits per heavy atom. The summed E-state index contributed by atoms with van der Waals surface area (Å²) >= 11 is 0. The van der Waals surface area contributed by atoms with Gasteiger partial charge in [-0.25, -0.2) is 0 Å². The van der Waals surface area contributed by atoms with E-state index in [4.69, 9.17) is 14.6 Å². The van der Waals surface area contributed by atoms with Crippen LogP contribution in [0, 0.1) is 5.92 Å². The van der Waals surface area contributed by atoms with Gasteiger partial charge in [0.15, 0.2) is 5.92 Å². The van der Waals surface area contributed by atoms with Gasteiger partial charge < -0.3 is 14.6 Å². The predicted molar refractivity (Wildman–Crippen MR) is 85.1 cm³/mol. The maximum Gasteiger partial charge on any atom is 0.323 e. The molecule has 0 heterocycles. The Morgan fingerprint density at radius 2 is 1.61 bits per heavy atom. The fraction of sp³-hybridized carbons (Fsp3) is 0.222. The number of hydrogen-bond acceptors (Lipinski definition) is 4. The Labute approximate surface area is 134 Å². The van der Waals surface area contributed by atoms with Gasteiger partial charge in [0, 0.05) is 0 Å². The lowest BCUT2D eigenvalue weighted by molar-refractivity contribution is -0.159. The van der Waals surface area contributed by atoms with Crippen LogP contribution < -0.4 is 4.74 Å². The molecule has 0 aliphatic heterocycles. The third-order valence-corrected chi connectivity index (χ3v) is 3.25. The highest BCUT2D eigenvalue weighted by Crippen LogP contribution is 2.22. The number of hydrogen-bond donors (Lipinski definition) is 1. The number of carbonyl (C=O) groups excluding carboxylic acids is 1. The summed E-state index contributed by atoms with van der Waals surface area (Å²) in [5.41, 5.74) is 2.10. The second-order valence-electron chi connectivity index (χ2n) is 4.84. The predicted octanol–water partition coefficient (Wildman–Crippen LogP) is 3.00. The molecule has 0 radical (unpaired) electrons. The van der Waals surface area contributed by atoms with E-state index < -0.39 is 17.9 Å². The fourth-order valence-corrected chi connectivity index (χ4v) is 2.04. The van der Waals surface area contributed by atoms with Crippen molar-refractivity contribution >= 4 is 11.9 Å². The van der Waals surface area contributed by atoms with Crippen LogP contribution in [-0.2, 0) is 14.3 Å². The summed E-state index contributed by atoms with van der Waals surface area (Å²) in [6.07, 6.45) is 0. The quantitative estimate of drug-likeness (QED) is 0.628. The smallest absolute Gasteiger partial charge is 0.323 e. The van der Waals surface area contributed by atoms with Gasteiger partial charge in [-0.05, 0) is 30.2 Å². The van der Waals surface area contributed by atoms with Gasteiger partial charge in [0.2, 0.25) is 0 Å². The molecule has 0 spiro atoms. The van der Waals surface area contributed by atoms with Crippen molar-refractivity contribution in [2.75, 3.05) is 13.2 Å². The van der Waals surface area contributed by atoms with Crippen LogP contribution in [0.15, 0.2) is 54.6 Å². The van der Waals surface area contributed by atoms with E-state index in [1.165, 1.54) is 0 Å². The third-order valence-electron chi connectivity index (χ3n) is 3.25. The van der Waals surface area contributed by atoms with E-state index in [0.29, 0.717) is 5.75 Å². The lowest BCUT2D eigenvalue weighted by Crippen LogP contribution is -2.31. The van der Waals surface area contributed by atoms with Crippen LogP contribution in [0.1, 0.15) is 6.92 Å². The maximum absolute atomic E-state index is 11.6. The van der Waals surface area contributed by atoms with Crippen LogP contribution in [0.2, 0.25) is 0 Å². The number of carboxylic acid groups (broad SMARTS) is 1. The summed E-state index contributed by atoms with van der Waals surface area (Å²) in [4.78, 5) is 22.7. The van der Waals surface area contributed by atoms with Gasteiger partial charge in [0.25, 0.3) is 0 Å². The van der Waals surface area contributed by atoms with E-state index in [1.807, 2.05) is 42.5 Å². The van der Waals surface area contributed by atoms with Crippen LogP contribution in [-0.4, -0.2) is 30.3 Å². The van der Waals surface area contributed by atoms with Crippen molar-refractivity contribution in [3.05, 3.63) is 54.6 Å². The number of esters is 1. The standard InChI is InChI=1S/C18H18O5/c1-2-22-18(21)16(17(19)20)12-23-15-10-8-14(9-11-15)13-6-4-3-5-7-13/h3-11,16H,2,12H2,1H3,(H,19,20). The van der Waals surface area contributed by atoms with Crippen LogP contribution in [0.4, 0.5) is 0 Å². The first kappa shape index (κ1) is 16.5. The van der Waals surface area contributed by atoms with E-state index in [2.05, 4.69) is 0 Å². The Balaban J connectivity index is 2.00. The van der Waals surface area contributed by atoms with Crippen molar-refractivity contribution in [1.29, 1.82) is 0 Å². The summed E-state index contributed by atoms with van der Waals surface area (Å²) in [7, 11) is 0. The molecule has 1 atom stereocenters. The molecule has 5 heteroatoms. The molecule has 5 nitrogen and oxygen atoms in total. The van der Waals surface area contributed by atoms with Gasteiger partial charge in [0.1, 0.15) is 12.4 Å². The van der Waals surface area contributed by atoms with Gasteiger partial charge in [-0.15, -0.1) is 0 Å². The molecule has 0 aliphatic carbocycles. The second-order valence-corrected chi connectivity index (χ2v) is 4.84. The van der Waals surface area contributed by atoms with Gasteiger partial charge in [-0.2, -0.15) is 0 Å². The first-order valence-corrected chi connectivity index (χ1v) is 7.29. The van der Waals surface area contributed by atoms with Gasteiger partial charge in [-0.3, -0.25) is 9.59 Å². The van der Waals surface area contributed by atoms with Gasteiger partial charge in [-0.1, -0.05) is 42.5 Å². The zero-order valence-electron chi connectivity index (χ0n) is 12.8. The summed E-state index contributed by atoms with van der Waals surface area (Å²) in [5.74, 6) is -2.88. The minimum atomic E-state index is -1.33. The first-order valence-electron chi connectivity index (χ1n) is 7.29. The molecule has 1 unspecified atom stereocenters. The van der Waals surface area contributed by atoms with Crippen LogP contribution >= 0.6 is 0 Å². The molecule has 0 aliphatic rings. The minimum Gasteiger partial charge on any atom is -0.492 e. The van der Waals surface area contributed by atoms with E-state index in [0.717, 1.165) is 11.1 Å². The van der Waals surface area contributed by atoms with Crippen LogP contribution in [0.25, 0.3) is 11.1 Å². The zero-order valence-corrected chi connectivity index (χ0v) is 12.8. The third kappa shape index (κ3) is 4.57. The van der Waals surface area contributed by atoms with Gasteiger partial charge in [0.05, 0.1) is 6.61 Å². The monoisotopic (exact) mass is 314 g/mol. The van der Waals surface area contributed by atoms with Crippen molar-refractivity contribution in [1.82, 2.24) is 0 Å². The summed E-state index contributed by atoms with van der Waals surface area (Å²) in [5, 5.41) is 9.06. The number of carbonyl (C=O) groups is 2. The zero-order chi connectivity index (χ0) is 16.7. The molecule has 0 saturated heterocycles. The Hall–Kier alpha value is -2.82. The summed E-state index contributed by atoms with van der Waals surface area (Å²) in [6.45, 7) is 1.49. The molecule has 0 bridgehead atoms. The van der Waals surface area contributed by atoms with Crippen molar-refractivity contribution in [3.63, 3.8) is 0 Å². The maximum atomic E-state index is 11.6. The molecule has 1 N–H and O–H groups in total. The Morgan fingerprint density at radius 3 is 2.17 bits per heavy atom. The molecular formula is C18H18O5. The second kappa shape index (κ2) is 7.98. The number of rotatable bonds is 7. The van der Waals surface area contributed by atoms with Crippen molar-refractivity contribution in [3.8, 4) is 16.9 Å². The molecular weight excluding hydrogens is 296 g/mol. The highest BCUT2D eigenvalue weighted by Gasteiger charge is 2.28. The highest BCUT2D eigenvalue weighted by atomic mass is 16.5. The van der Waals surface area contributed by atoms with E-state index in [-0.39, 0.29) is 13.2 Å². The molecule has 0 aromatic heterocycles. The highest BCUT2D eigenvalue weighted by molar-refractivity contribution is 5.94. The number of aliphatic carboxylic acids is 1. The molecule has 2 aromatic rings. The normalized spacial score (nSPS) is 11.5. The lowest BCUT2D eigenvalue weighted by Gasteiger charge is -2.13. The average Bonchev–Trinajstić information content (AvgIpc) is 2.56. The molecule has 2 aromatic carbocycles. The van der Waals surface area contributed by atoms with E-state index >= 15 is 0 Å². The topological polar surface area (TPSA) is 72.8 Å². The molecule has 120 valence electrons. The largest absolute Gasteiger partial charge is 0.492 e. The minimum absolute atomic E-state index is 0.133. The van der Waals surface area contributed by atoms with E-state index in [9.17, 15) is 9.59 Å². The molecule has 2 rings (SSSR count). The van der Waals surface area contributed by atoms with Crippen LogP contribution in [0.5, 0.6) is 5.75 Å². The van der Waals surface area contributed by atoms with E-state index in [1.54, 1.807) is 19.1 Å².